The Morgan fingerprint density at radius 2 is 1.74 bits per heavy atom. The van der Waals surface area contributed by atoms with Crippen molar-refractivity contribution in [1.82, 2.24) is 0 Å². The van der Waals surface area contributed by atoms with E-state index in [1.54, 1.807) is 13.0 Å². The van der Waals surface area contributed by atoms with Crippen molar-refractivity contribution in [2.24, 2.45) is 28.6 Å². The van der Waals surface area contributed by atoms with Crippen molar-refractivity contribution in [2.75, 3.05) is 0 Å². The SMILES string of the molecule is CC(=O)O[C@@H]1C[C@]2(O)[C@H](CC[C@]3(C)[C@@H](c4ccc(=O)oc4)CC[C@@]32O)[C@@]2(C)CC[C@H]([C@@H]3O[C@@H](C)[C@H](O)[C@@H](O)[C@@H]3O)C[C@H]12. The lowest BCUT2D eigenvalue weighted by molar-refractivity contribution is -0.314. The number of hydrogen-bond donors (Lipinski definition) is 5. The van der Waals surface area contributed by atoms with Gasteiger partial charge in [-0.2, -0.15) is 0 Å². The molecule has 2 heterocycles. The summed E-state index contributed by atoms with van der Waals surface area (Å²) < 4.78 is 17.2. The predicted octanol–water partition coefficient (Wildman–Crippen LogP) is 2.02. The number of esters is 1. The third-order valence-electron chi connectivity index (χ3n) is 12.8. The van der Waals surface area contributed by atoms with Gasteiger partial charge in [-0.25, -0.2) is 4.79 Å². The van der Waals surface area contributed by atoms with Gasteiger partial charge >= 0.3 is 11.6 Å². The van der Waals surface area contributed by atoms with Gasteiger partial charge in [0.05, 0.1) is 24.1 Å². The van der Waals surface area contributed by atoms with Gasteiger partial charge in [-0.05, 0) is 86.7 Å². The summed E-state index contributed by atoms with van der Waals surface area (Å²) in [7, 11) is 0. The minimum atomic E-state index is -1.52. The number of fused-ring (bicyclic) bond motifs is 5. The fraction of sp³-hybridized carbons (Fsp3) is 0.812. The first-order valence-electron chi connectivity index (χ1n) is 15.6. The number of rotatable bonds is 3. The average molecular weight is 591 g/mol. The average Bonchev–Trinajstić information content (AvgIpc) is 3.21. The van der Waals surface area contributed by atoms with E-state index in [1.165, 1.54) is 19.3 Å². The maximum atomic E-state index is 12.8. The molecule has 0 amide bonds. The molecule has 5 N–H and O–H groups in total. The molecule has 10 nitrogen and oxygen atoms in total. The minimum absolute atomic E-state index is 0.0960. The predicted molar refractivity (Wildman–Crippen MR) is 149 cm³/mol. The van der Waals surface area contributed by atoms with Crippen LogP contribution in [0.25, 0.3) is 0 Å². The molecule has 0 unspecified atom stereocenters. The van der Waals surface area contributed by atoms with Gasteiger partial charge in [0.2, 0.25) is 0 Å². The van der Waals surface area contributed by atoms with Crippen molar-refractivity contribution in [1.29, 1.82) is 0 Å². The van der Waals surface area contributed by atoms with Crippen LogP contribution in [0.15, 0.2) is 27.6 Å². The van der Waals surface area contributed by atoms with Gasteiger partial charge in [-0.1, -0.05) is 13.8 Å². The molecular formula is C32H46O10. The van der Waals surface area contributed by atoms with Crippen LogP contribution in [0.3, 0.4) is 0 Å². The fourth-order valence-electron chi connectivity index (χ4n) is 10.6. The van der Waals surface area contributed by atoms with E-state index < -0.39 is 70.3 Å². The summed E-state index contributed by atoms with van der Waals surface area (Å²) in [6.45, 7) is 7.21. The highest BCUT2D eigenvalue weighted by molar-refractivity contribution is 5.66. The normalized spacial score (nSPS) is 52.1. The van der Waals surface area contributed by atoms with Crippen molar-refractivity contribution >= 4 is 5.97 Å². The quantitative estimate of drug-likeness (QED) is 0.329. The van der Waals surface area contributed by atoms with Crippen LogP contribution >= 0.6 is 0 Å². The van der Waals surface area contributed by atoms with Crippen molar-refractivity contribution in [3.63, 3.8) is 0 Å². The second kappa shape index (κ2) is 10.1. The number of aliphatic hydroxyl groups excluding tert-OH is 3. The number of ether oxygens (including phenoxy) is 2. The Labute approximate surface area is 246 Å². The van der Waals surface area contributed by atoms with Crippen LogP contribution in [0.4, 0.5) is 0 Å². The lowest BCUT2D eigenvalue weighted by atomic mass is 9.40. The number of hydrogen-bond acceptors (Lipinski definition) is 10. The Balaban J connectivity index is 1.34. The van der Waals surface area contributed by atoms with Gasteiger partial charge < -0.3 is 39.4 Å². The largest absolute Gasteiger partial charge is 0.462 e. The van der Waals surface area contributed by atoms with Crippen LogP contribution in [0.1, 0.15) is 90.5 Å². The first kappa shape index (κ1) is 30.2. The Morgan fingerprint density at radius 3 is 2.40 bits per heavy atom. The van der Waals surface area contributed by atoms with E-state index in [2.05, 4.69) is 6.92 Å². The van der Waals surface area contributed by atoms with E-state index in [0.29, 0.717) is 44.9 Å². The summed E-state index contributed by atoms with van der Waals surface area (Å²) in [6.07, 6.45) is 0.0780. The standard InChI is InChI=1S/C32H46O10/c1-16-25(35)26(36)27(37)28(41-16)18-7-10-29(3)21(13-18)22(42-17(2)33)14-31(38)23(29)9-11-30(4)20(8-12-32(30,31)39)19-5-6-24(34)40-15-19/h5-6,15-16,18,20-23,25-28,35-39H,7-14H2,1-4H3/t16-,18-,20+,21+,22+,23+,25-,26+,27-,28-,29-,30+,31-,32+/m0/s1. The van der Waals surface area contributed by atoms with Crippen LogP contribution in [-0.4, -0.2) is 79.3 Å². The van der Waals surface area contributed by atoms with Gasteiger partial charge in [0.1, 0.15) is 30.0 Å². The van der Waals surface area contributed by atoms with E-state index in [-0.39, 0.29) is 30.1 Å². The first-order valence-corrected chi connectivity index (χ1v) is 15.6. The molecule has 10 heteroatoms. The van der Waals surface area contributed by atoms with Crippen molar-refractivity contribution < 1.29 is 44.2 Å². The van der Waals surface area contributed by atoms with Crippen LogP contribution in [-0.2, 0) is 14.3 Å². The van der Waals surface area contributed by atoms with Crippen LogP contribution in [0.5, 0.6) is 0 Å². The van der Waals surface area contributed by atoms with Gasteiger partial charge in [0.15, 0.2) is 0 Å². The van der Waals surface area contributed by atoms with Crippen molar-refractivity contribution in [3.8, 4) is 0 Å². The molecular weight excluding hydrogens is 544 g/mol. The smallest absolute Gasteiger partial charge is 0.335 e. The number of carbonyl (C=O) groups excluding carboxylic acids is 1. The van der Waals surface area contributed by atoms with E-state index in [4.69, 9.17) is 13.9 Å². The molecule has 1 aromatic rings. The first-order chi connectivity index (χ1) is 19.7. The highest BCUT2D eigenvalue weighted by Gasteiger charge is 2.75. The molecule has 5 fully saturated rings. The third kappa shape index (κ3) is 4.12. The van der Waals surface area contributed by atoms with Gasteiger partial charge in [-0.3, -0.25) is 4.79 Å². The molecule has 234 valence electrons. The maximum Gasteiger partial charge on any atom is 0.335 e. The molecule has 1 saturated heterocycles. The monoisotopic (exact) mass is 590 g/mol. The summed E-state index contributed by atoms with van der Waals surface area (Å²) in [4.78, 5) is 24.1. The molecule has 4 aliphatic carbocycles. The molecule has 6 rings (SSSR count). The lowest BCUT2D eigenvalue weighted by Gasteiger charge is -2.68. The highest BCUT2D eigenvalue weighted by Crippen LogP contribution is 2.72. The summed E-state index contributed by atoms with van der Waals surface area (Å²) in [5.41, 5.74) is -3.73. The van der Waals surface area contributed by atoms with Gasteiger partial charge in [0.25, 0.3) is 0 Å². The second-order valence-corrected chi connectivity index (χ2v) is 14.5. The maximum absolute atomic E-state index is 12.8. The fourth-order valence-corrected chi connectivity index (χ4v) is 10.6. The molecule has 0 aromatic carbocycles. The summed E-state index contributed by atoms with van der Waals surface area (Å²) in [5.74, 6) is -1.13. The molecule has 42 heavy (non-hydrogen) atoms. The van der Waals surface area contributed by atoms with Crippen molar-refractivity contribution in [3.05, 3.63) is 34.4 Å². The van der Waals surface area contributed by atoms with Crippen LogP contribution in [0.2, 0.25) is 0 Å². The zero-order chi connectivity index (χ0) is 30.4. The molecule has 4 saturated carbocycles. The van der Waals surface area contributed by atoms with Gasteiger partial charge in [-0.15, -0.1) is 0 Å². The minimum Gasteiger partial charge on any atom is -0.462 e. The molecule has 14 atom stereocenters. The Kier molecular flexibility index (Phi) is 7.27. The highest BCUT2D eigenvalue weighted by atomic mass is 16.5. The topological polar surface area (TPSA) is 167 Å². The van der Waals surface area contributed by atoms with E-state index in [0.717, 1.165) is 5.56 Å². The molecule has 0 radical (unpaired) electrons. The van der Waals surface area contributed by atoms with Crippen LogP contribution < -0.4 is 5.63 Å². The lowest BCUT2D eigenvalue weighted by Crippen LogP contribution is -2.75. The zero-order valence-corrected chi connectivity index (χ0v) is 24.9. The molecule has 1 aliphatic heterocycles. The Morgan fingerprint density at radius 1 is 1.00 bits per heavy atom. The second-order valence-electron chi connectivity index (χ2n) is 14.5. The molecule has 1 aromatic heterocycles. The zero-order valence-electron chi connectivity index (χ0n) is 24.9. The van der Waals surface area contributed by atoms with E-state index in [9.17, 15) is 35.1 Å². The van der Waals surface area contributed by atoms with Crippen molar-refractivity contribution in [2.45, 2.75) is 133 Å². The number of aliphatic hydroxyl groups is 5. The Bertz CT molecular complexity index is 1250. The Hall–Kier alpha value is -1.82. The van der Waals surface area contributed by atoms with Crippen LogP contribution in [0, 0.1) is 28.6 Å². The summed E-state index contributed by atoms with van der Waals surface area (Å²) in [5, 5.41) is 57.0. The molecule has 0 bridgehead atoms. The molecule has 5 aliphatic rings. The van der Waals surface area contributed by atoms with Gasteiger partial charge in [0, 0.05) is 30.7 Å². The summed E-state index contributed by atoms with van der Waals surface area (Å²) in [6, 6.07) is 3.15. The van der Waals surface area contributed by atoms with E-state index >= 15 is 0 Å². The molecule has 0 spiro atoms. The summed E-state index contributed by atoms with van der Waals surface area (Å²) >= 11 is 0. The number of carbonyl (C=O) groups is 1. The van der Waals surface area contributed by atoms with E-state index in [1.807, 2.05) is 6.92 Å². The third-order valence-corrected chi connectivity index (χ3v) is 12.8.